The Morgan fingerprint density at radius 1 is 1.57 bits per heavy atom. The molecule has 0 aliphatic heterocycles. The van der Waals surface area contributed by atoms with E-state index in [1.54, 1.807) is 0 Å². The van der Waals surface area contributed by atoms with Crippen LogP contribution in [0.3, 0.4) is 0 Å². The van der Waals surface area contributed by atoms with Gasteiger partial charge < -0.3 is 9.73 Å². The summed E-state index contributed by atoms with van der Waals surface area (Å²) in [5.74, 6) is -0.363. The molecular formula is C9H6FN3O. The number of hydrogen-bond donors (Lipinski definition) is 1. The Bertz CT molecular complexity index is 500. The smallest absolute Gasteiger partial charge is 0.296 e. The Labute approximate surface area is 79.0 Å². The number of hydrogen-bond acceptors (Lipinski definition) is 4. The summed E-state index contributed by atoms with van der Waals surface area (Å²) in [6.45, 7) is 0.106. The van der Waals surface area contributed by atoms with Gasteiger partial charge in [-0.05, 0) is 12.1 Å². The van der Waals surface area contributed by atoms with Gasteiger partial charge in [0.25, 0.3) is 6.01 Å². The Morgan fingerprint density at radius 3 is 3.21 bits per heavy atom. The zero-order valence-electron chi connectivity index (χ0n) is 7.12. The predicted octanol–water partition coefficient (Wildman–Crippen LogP) is 1.90. The van der Waals surface area contributed by atoms with Crippen molar-refractivity contribution in [2.75, 3.05) is 11.9 Å². The van der Waals surface area contributed by atoms with Gasteiger partial charge in [0.2, 0.25) is 0 Å². The van der Waals surface area contributed by atoms with Gasteiger partial charge in [0.1, 0.15) is 17.9 Å². The molecule has 1 aromatic carbocycles. The number of benzene rings is 1. The molecule has 0 spiro atoms. The monoisotopic (exact) mass is 191 g/mol. The van der Waals surface area contributed by atoms with E-state index in [-0.39, 0.29) is 18.4 Å². The molecule has 4 nitrogen and oxygen atoms in total. The van der Waals surface area contributed by atoms with Crippen molar-refractivity contribution in [2.45, 2.75) is 0 Å². The zero-order valence-corrected chi connectivity index (χ0v) is 7.12. The highest BCUT2D eigenvalue weighted by Gasteiger charge is 2.05. The highest BCUT2D eigenvalue weighted by atomic mass is 19.1. The van der Waals surface area contributed by atoms with E-state index in [0.717, 1.165) is 0 Å². The molecule has 1 N–H and O–H groups in total. The number of nitrogens with one attached hydrogen (secondary N) is 1. The first-order valence-corrected chi connectivity index (χ1v) is 3.96. The fraction of sp³-hybridized carbons (Fsp3) is 0.111. The van der Waals surface area contributed by atoms with Crippen molar-refractivity contribution < 1.29 is 8.81 Å². The van der Waals surface area contributed by atoms with Crippen LogP contribution in [0.4, 0.5) is 10.4 Å². The summed E-state index contributed by atoms with van der Waals surface area (Å²) < 4.78 is 17.9. The number of rotatable bonds is 2. The molecule has 0 bridgehead atoms. The summed E-state index contributed by atoms with van der Waals surface area (Å²) in [6, 6.07) is 6.18. The average molecular weight is 191 g/mol. The minimum absolute atomic E-state index is 0.106. The lowest BCUT2D eigenvalue weighted by Gasteiger charge is -1.89. The van der Waals surface area contributed by atoms with Gasteiger partial charge in [0, 0.05) is 6.07 Å². The van der Waals surface area contributed by atoms with Crippen molar-refractivity contribution in [3.63, 3.8) is 0 Å². The number of nitrogens with zero attached hydrogens (tertiary/aromatic N) is 2. The topological polar surface area (TPSA) is 61.9 Å². The third-order valence-electron chi connectivity index (χ3n) is 1.67. The number of halogens is 1. The van der Waals surface area contributed by atoms with E-state index in [4.69, 9.17) is 9.68 Å². The maximum atomic E-state index is 12.7. The van der Waals surface area contributed by atoms with Gasteiger partial charge in [-0.1, -0.05) is 0 Å². The van der Waals surface area contributed by atoms with Crippen molar-refractivity contribution in [3.8, 4) is 6.07 Å². The minimum Gasteiger partial charge on any atom is -0.424 e. The lowest BCUT2D eigenvalue weighted by molar-refractivity contribution is 0.613. The number of nitriles is 1. The lowest BCUT2D eigenvalue weighted by Crippen LogP contribution is -1.97. The predicted molar refractivity (Wildman–Crippen MR) is 48.1 cm³/mol. The van der Waals surface area contributed by atoms with Gasteiger partial charge in [-0.3, -0.25) is 0 Å². The van der Waals surface area contributed by atoms with Crippen molar-refractivity contribution in [2.24, 2.45) is 0 Å². The Kier molecular flexibility index (Phi) is 2.03. The number of aromatic nitrogens is 1. The third kappa shape index (κ3) is 1.50. The molecular weight excluding hydrogens is 185 g/mol. The van der Waals surface area contributed by atoms with Crippen LogP contribution in [0.5, 0.6) is 0 Å². The molecule has 70 valence electrons. The van der Waals surface area contributed by atoms with Crippen LogP contribution in [-0.4, -0.2) is 11.5 Å². The van der Waals surface area contributed by atoms with Crippen LogP contribution in [0, 0.1) is 17.1 Å². The summed E-state index contributed by atoms with van der Waals surface area (Å²) >= 11 is 0. The van der Waals surface area contributed by atoms with E-state index in [2.05, 4.69) is 10.3 Å². The molecule has 0 radical (unpaired) electrons. The van der Waals surface area contributed by atoms with E-state index in [9.17, 15) is 4.39 Å². The largest absolute Gasteiger partial charge is 0.424 e. The van der Waals surface area contributed by atoms with E-state index >= 15 is 0 Å². The molecule has 0 unspecified atom stereocenters. The van der Waals surface area contributed by atoms with Gasteiger partial charge in [0.15, 0.2) is 5.58 Å². The standard InChI is InChI=1S/C9H6FN3O/c10-6-1-2-8-7(5-6)13-9(14-8)12-4-3-11/h1-2,5H,4H2,(H,12,13). The maximum absolute atomic E-state index is 12.7. The number of fused-ring (bicyclic) bond motifs is 1. The second kappa shape index (κ2) is 3.34. The Morgan fingerprint density at radius 2 is 2.43 bits per heavy atom. The van der Waals surface area contributed by atoms with Crippen LogP contribution in [0.1, 0.15) is 0 Å². The molecule has 0 atom stereocenters. The van der Waals surface area contributed by atoms with Gasteiger partial charge in [-0.25, -0.2) is 4.39 Å². The highest BCUT2D eigenvalue weighted by Crippen LogP contribution is 2.19. The first-order chi connectivity index (χ1) is 6.79. The van der Waals surface area contributed by atoms with Crippen molar-refractivity contribution in [3.05, 3.63) is 24.0 Å². The molecule has 2 rings (SSSR count). The SMILES string of the molecule is N#CCNc1nc2cc(F)ccc2o1. The molecule has 0 saturated heterocycles. The molecule has 2 aromatic rings. The lowest BCUT2D eigenvalue weighted by atomic mass is 10.3. The fourth-order valence-corrected chi connectivity index (χ4v) is 1.09. The van der Waals surface area contributed by atoms with E-state index < -0.39 is 0 Å². The van der Waals surface area contributed by atoms with E-state index in [1.807, 2.05) is 6.07 Å². The second-order valence-corrected chi connectivity index (χ2v) is 2.64. The van der Waals surface area contributed by atoms with Crippen molar-refractivity contribution >= 4 is 17.1 Å². The van der Waals surface area contributed by atoms with E-state index in [0.29, 0.717) is 11.1 Å². The molecule has 14 heavy (non-hydrogen) atoms. The first kappa shape index (κ1) is 8.51. The normalized spacial score (nSPS) is 10.0. The fourth-order valence-electron chi connectivity index (χ4n) is 1.09. The van der Waals surface area contributed by atoms with Crippen LogP contribution in [0.2, 0.25) is 0 Å². The van der Waals surface area contributed by atoms with Crippen LogP contribution in [0.15, 0.2) is 22.6 Å². The third-order valence-corrected chi connectivity index (χ3v) is 1.67. The quantitative estimate of drug-likeness (QED) is 0.736. The summed E-state index contributed by atoms with van der Waals surface area (Å²) in [6.07, 6.45) is 0. The Balaban J connectivity index is 2.37. The molecule has 0 fully saturated rings. The number of oxazole rings is 1. The van der Waals surface area contributed by atoms with Crippen LogP contribution in [-0.2, 0) is 0 Å². The Hall–Kier alpha value is -2.09. The molecule has 0 aliphatic rings. The summed E-state index contributed by atoms with van der Waals surface area (Å²) in [4.78, 5) is 3.94. The van der Waals surface area contributed by atoms with Crippen molar-refractivity contribution in [1.29, 1.82) is 5.26 Å². The molecule has 0 aliphatic carbocycles. The minimum atomic E-state index is -0.363. The molecule has 1 aromatic heterocycles. The molecule has 0 saturated carbocycles. The van der Waals surface area contributed by atoms with Gasteiger partial charge in [0.05, 0.1) is 6.07 Å². The van der Waals surface area contributed by atoms with Gasteiger partial charge in [-0.2, -0.15) is 10.2 Å². The summed E-state index contributed by atoms with van der Waals surface area (Å²) in [5, 5.41) is 10.9. The number of anilines is 1. The maximum Gasteiger partial charge on any atom is 0.296 e. The molecule has 1 heterocycles. The van der Waals surface area contributed by atoms with Crippen LogP contribution < -0.4 is 5.32 Å². The van der Waals surface area contributed by atoms with Gasteiger partial charge in [-0.15, -0.1) is 0 Å². The van der Waals surface area contributed by atoms with Crippen molar-refractivity contribution in [1.82, 2.24) is 4.98 Å². The highest BCUT2D eigenvalue weighted by molar-refractivity contribution is 5.74. The van der Waals surface area contributed by atoms with E-state index in [1.165, 1.54) is 18.2 Å². The average Bonchev–Trinajstić information content (AvgIpc) is 2.56. The first-order valence-electron chi connectivity index (χ1n) is 3.96. The molecule has 0 amide bonds. The zero-order chi connectivity index (χ0) is 9.97. The summed E-state index contributed by atoms with van der Waals surface area (Å²) in [7, 11) is 0. The van der Waals surface area contributed by atoms with Crippen LogP contribution >= 0.6 is 0 Å². The molecule has 5 heteroatoms. The van der Waals surface area contributed by atoms with Crippen LogP contribution in [0.25, 0.3) is 11.1 Å². The van der Waals surface area contributed by atoms with Gasteiger partial charge >= 0.3 is 0 Å². The second-order valence-electron chi connectivity index (χ2n) is 2.64. The summed E-state index contributed by atoms with van der Waals surface area (Å²) in [5.41, 5.74) is 0.928.